The summed E-state index contributed by atoms with van der Waals surface area (Å²) in [6.45, 7) is 0. The number of H-pyrrole nitrogens is 1. The highest BCUT2D eigenvalue weighted by Crippen LogP contribution is 2.17. The second kappa shape index (κ2) is 3.95. The second-order valence-electron chi connectivity index (χ2n) is 3.71. The number of fused-ring (bicyclic) bond motifs is 1. The molecule has 90 valence electrons. The zero-order valence-corrected chi connectivity index (χ0v) is 10.7. The molecule has 6 nitrogen and oxygen atoms in total. The van der Waals surface area contributed by atoms with Gasteiger partial charge in [0.25, 0.3) is 5.56 Å². The van der Waals surface area contributed by atoms with E-state index in [0.29, 0.717) is 5.65 Å². The number of aromatic nitrogens is 4. The minimum Gasteiger partial charge on any atom is -0.369 e. The van der Waals surface area contributed by atoms with Gasteiger partial charge < -0.3 is 5.73 Å². The number of nitrogens with zero attached hydrogens (tertiary/aromatic N) is 3. The van der Waals surface area contributed by atoms with Crippen LogP contribution < -0.4 is 11.3 Å². The van der Waals surface area contributed by atoms with Gasteiger partial charge in [-0.25, -0.2) is 4.98 Å². The minimum atomic E-state index is -0.339. The summed E-state index contributed by atoms with van der Waals surface area (Å²) in [5.74, 6) is 0.0753. The van der Waals surface area contributed by atoms with Crippen LogP contribution in [0.5, 0.6) is 0 Å². The maximum Gasteiger partial charge on any atom is 0.280 e. The molecule has 7 heteroatoms. The van der Waals surface area contributed by atoms with Crippen LogP contribution in [-0.2, 0) is 0 Å². The number of nitrogens with two attached hydrogens (primary N) is 1. The van der Waals surface area contributed by atoms with Gasteiger partial charge in [0.05, 0.1) is 0 Å². The largest absolute Gasteiger partial charge is 0.369 e. The van der Waals surface area contributed by atoms with Gasteiger partial charge in [0.2, 0.25) is 5.95 Å². The monoisotopic (exact) mass is 305 g/mol. The molecular weight excluding hydrogens is 298 g/mol. The number of aromatic amines is 1. The molecule has 2 aromatic heterocycles. The number of nitrogens with one attached hydrogen (secondary N) is 1. The second-order valence-corrected chi connectivity index (χ2v) is 4.63. The molecule has 3 N–H and O–H groups in total. The van der Waals surface area contributed by atoms with E-state index in [2.05, 4.69) is 30.9 Å². The van der Waals surface area contributed by atoms with Gasteiger partial charge >= 0.3 is 0 Å². The van der Waals surface area contributed by atoms with E-state index < -0.39 is 0 Å². The summed E-state index contributed by atoms with van der Waals surface area (Å²) in [5, 5.41) is 0. The standard InChI is InChI=1S/C11H8BrN5O/c12-6-1-3-7(4-2-6)17-5-14-8-9(17)15-11(13)16-10(8)18/h1-5H,(H3,13,15,16,18). The van der Waals surface area contributed by atoms with Crippen LogP contribution >= 0.6 is 15.9 Å². The first-order chi connectivity index (χ1) is 8.65. The molecule has 0 saturated heterocycles. The van der Waals surface area contributed by atoms with Crippen molar-refractivity contribution in [2.45, 2.75) is 0 Å². The Bertz CT molecular complexity index is 774. The predicted molar refractivity (Wildman–Crippen MR) is 71.6 cm³/mol. The van der Waals surface area contributed by atoms with Crippen molar-refractivity contribution in [2.75, 3.05) is 5.73 Å². The molecule has 0 aliphatic rings. The molecule has 0 saturated carbocycles. The van der Waals surface area contributed by atoms with Gasteiger partial charge in [0.15, 0.2) is 11.2 Å². The van der Waals surface area contributed by atoms with Gasteiger partial charge in [-0.3, -0.25) is 14.3 Å². The quantitative estimate of drug-likeness (QED) is 0.712. The van der Waals surface area contributed by atoms with Gasteiger partial charge in [0, 0.05) is 10.2 Å². The van der Waals surface area contributed by atoms with E-state index in [4.69, 9.17) is 5.73 Å². The normalized spacial score (nSPS) is 10.9. The Balaban J connectivity index is 2.30. The summed E-state index contributed by atoms with van der Waals surface area (Å²) in [4.78, 5) is 22.2. The lowest BCUT2D eigenvalue weighted by Crippen LogP contribution is -2.11. The maximum atomic E-state index is 11.6. The Morgan fingerprint density at radius 1 is 1.28 bits per heavy atom. The van der Waals surface area contributed by atoms with Crippen LogP contribution in [0.1, 0.15) is 0 Å². The number of benzene rings is 1. The zero-order valence-electron chi connectivity index (χ0n) is 9.09. The van der Waals surface area contributed by atoms with Crippen molar-refractivity contribution < 1.29 is 0 Å². The summed E-state index contributed by atoms with van der Waals surface area (Å²) in [6, 6.07) is 7.59. The Kier molecular flexibility index (Phi) is 2.41. The Morgan fingerprint density at radius 3 is 2.72 bits per heavy atom. The average Bonchev–Trinajstić information content (AvgIpc) is 2.74. The number of rotatable bonds is 1. The zero-order chi connectivity index (χ0) is 12.7. The molecule has 0 unspecified atom stereocenters. The van der Waals surface area contributed by atoms with Crippen LogP contribution in [0.2, 0.25) is 0 Å². The highest BCUT2D eigenvalue weighted by atomic mass is 79.9. The van der Waals surface area contributed by atoms with Crippen LogP contribution in [0, 0.1) is 0 Å². The molecule has 0 amide bonds. The molecule has 3 rings (SSSR count). The first-order valence-corrected chi connectivity index (χ1v) is 5.93. The van der Waals surface area contributed by atoms with Crippen molar-refractivity contribution in [1.29, 1.82) is 0 Å². The van der Waals surface area contributed by atoms with Crippen molar-refractivity contribution >= 4 is 33.0 Å². The molecule has 0 atom stereocenters. The molecule has 0 bridgehead atoms. The van der Waals surface area contributed by atoms with Crippen molar-refractivity contribution in [3.63, 3.8) is 0 Å². The lowest BCUT2D eigenvalue weighted by molar-refractivity contribution is 1.06. The third-order valence-corrected chi connectivity index (χ3v) is 3.06. The first kappa shape index (κ1) is 11.0. The summed E-state index contributed by atoms with van der Waals surface area (Å²) in [6.07, 6.45) is 1.55. The maximum absolute atomic E-state index is 11.6. The molecule has 3 aromatic rings. The summed E-state index contributed by atoms with van der Waals surface area (Å²) in [5.41, 5.74) is 6.77. The van der Waals surface area contributed by atoms with E-state index >= 15 is 0 Å². The van der Waals surface area contributed by atoms with E-state index in [9.17, 15) is 4.79 Å². The van der Waals surface area contributed by atoms with Crippen molar-refractivity contribution in [2.24, 2.45) is 0 Å². The van der Waals surface area contributed by atoms with Crippen LogP contribution in [0.15, 0.2) is 39.9 Å². The van der Waals surface area contributed by atoms with Gasteiger partial charge in [-0.2, -0.15) is 4.98 Å². The molecule has 0 aliphatic heterocycles. The van der Waals surface area contributed by atoms with Crippen LogP contribution in [0.25, 0.3) is 16.9 Å². The fraction of sp³-hybridized carbons (Fsp3) is 0. The van der Waals surface area contributed by atoms with Gasteiger partial charge in [-0.05, 0) is 24.3 Å². The Labute approximate surface area is 110 Å². The first-order valence-electron chi connectivity index (χ1n) is 5.14. The number of hydrogen-bond donors (Lipinski definition) is 2. The van der Waals surface area contributed by atoms with Gasteiger partial charge in [-0.15, -0.1) is 0 Å². The number of anilines is 1. The number of hydrogen-bond acceptors (Lipinski definition) is 4. The number of halogens is 1. The highest BCUT2D eigenvalue weighted by Gasteiger charge is 2.10. The smallest absolute Gasteiger partial charge is 0.280 e. The van der Waals surface area contributed by atoms with E-state index in [1.54, 1.807) is 10.9 Å². The van der Waals surface area contributed by atoms with Gasteiger partial charge in [-0.1, -0.05) is 15.9 Å². The molecule has 0 aliphatic carbocycles. The molecule has 0 radical (unpaired) electrons. The van der Waals surface area contributed by atoms with Crippen LogP contribution in [0.4, 0.5) is 5.95 Å². The van der Waals surface area contributed by atoms with E-state index in [-0.39, 0.29) is 17.0 Å². The van der Waals surface area contributed by atoms with Crippen molar-refractivity contribution in [3.05, 3.63) is 45.4 Å². The molecule has 0 spiro atoms. The lowest BCUT2D eigenvalue weighted by Gasteiger charge is -2.03. The fourth-order valence-electron chi connectivity index (χ4n) is 1.72. The molecule has 1 aromatic carbocycles. The summed E-state index contributed by atoms with van der Waals surface area (Å²) >= 11 is 3.37. The molecule has 0 fully saturated rings. The van der Waals surface area contributed by atoms with Gasteiger partial charge in [0.1, 0.15) is 6.33 Å². The summed E-state index contributed by atoms with van der Waals surface area (Å²) in [7, 11) is 0. The third-order valence-electron chi connectivity index (χ3n) is 2.53. The summed E-state index contributed by atoms with van der Waals surface area (Å²) < 4.78 is 2.69. The predicted octanol–water partition coefficient (Wildman–Crippen LogP) is 1.45. The lowest BCUT2D eigenvalue weighted by atomic mass is 10.3. The fourth-order valence-corrected chi connectivity index (χ4v) is 1.98. The number of nitrogen functional groups attached to an aromatic ring is 1. The topological polar surface area (TPSA) is 89.6 Å². The SMILES string of the molecule is Nc1nc2c(ncn2-c2ccc(Br)cc2)c(=O)[nH]1. The van der Waals surface area contributed by atoms with E-state index in [0.717, 1.165) is 10.2 Å². The average molecular weight is 306 g/mol. The number of imidazole rings is 1. The molecular formula is C11H8BrN5O. The van der Waals surface area contributed by atoms with E-state index in [1.807, 2.05) is 24.3 Å². The minimum absolute atomic E-state index is 0.0753. The van der Waals surface area contributed by atoms with Crippen molar-refractivity contribution in [1.82, 2.24) is 19.5 Å². The molecule has 18 heavy (non-hydrogen) atoms. The van der Waals surface area contributed by atoms with E-state index in [1.165, 1.54) is 0 Å². The van der Waals surface area contributed by atoms with Crippen LogP contribution in [-0.4, -0.2) is 19.5 Å². The Hall–Kier alpha value is -2.15. The Morgan fingerprint density at radius 2 is 2.00 bits per heavy atom. The van der Waals surface area contributed by atoms with Crippen LogP contribution in [0.3, 0.4) is 0 Å². The third kappa shape index (κ3) is 1.68. The van der Waals surface area contributed by atoms with Crippen molar-refractivity contribution in [3.8, 4) is 5.69 Å². The molecule has 2 heterocycles. The highest BCUT2D eigenvalue weighted by molar-refractivity contribution is 9.10.